The highest BCUT2D eigenvalue weighted by atomic mass is 19.3. The Morgan fingerprint density at radius 2 is 1.88 bits per heavy atom. The first-order chi connectivity index (χ1) is 19.3. The van der Waals surface area contributed by atoms with Gasteiger partial charge in [-0.15, -0.1) is 0 Å². The van der Waals surface area contributed by atoms with Crippen LogP contribution in [0, 0.1) is 17.8 Å². The third-order valence-corrected chi connectivity index (χ3v) is 11.0. The zero-order chi connectivity index (χ0) is 27.6. The van der Waals surface area contributed by atoms with Crippen LogP contribution in [0.3, 0.4) is 0 Å². The lowest BCUT2D eigenvalue weighted by Crippen LogP contribution is -2.67. The Kier molecular flexibility index (Phi) is 7.87. The van der Waals surface area contributed by atoms with E-state index in [2.05, 4.69) is 61.0 Å². The summed E-state index contributed by atoms with van der Waals surface area (Å²) in [5.74, 6) is -1.27. The third-order valence-electron chi connectivity index (χ3n) is 11.0. The van der Waals surface area contributed by atoms with Gasteiger partial charge < -0.3 is 15.4 Å². The van der Waals surface area contributed by atoms with Crippen LogP contribution in [0.25, 0.3) is 0 Å². The molecule has 7 rings (SSSR count). The van der Waals surface area contributed by atoms with Gasteiger partial charge in [-0.3, -0.25) is 25.9 Å². The van der Waals surface area contributed by atoms with Crippen molar-refractivity contribution in [3.05, 3.63) is 0 Å². The molecule has 0 aromatic carbocycles. The molecule has 0 radical (unpaired) electrons. The fourth-order valence-corrected chi connectivity index (χ4v) is 8.48. The summed E-state index contributed by atoms with van der Waals surface area (Å²) in [5.41, 5.74) is 7.45. The van der Waals surface area contributed by atoms with Gasteiger partial charge in [0.05, 0.1) is 43.9 Å². The van der Waals surface area contributed by atoms with Crippen LogP contribution in [0.15, 0.2) is 0 Å². The van der Waals surface area contributed by atoms with Crippen LogP contribution in [0.4, 0.5) is 8.78 Å². The Balaban J connectivity index is 1.04. The topological polar surface area (TPSA) is 94.4 Å². The number of alkyl halides is 2. The number of nitrogens with zero attached hydrogens (tertiary/aromatic N) is 4. The van der Waals surface area contributed by atoms with Crippen LogP contribution in [0.2, 0.25) is 0 Å². The minimum absolute atomic E-state index is 0.0270. The lowest BCUT2D eigenvalue weighted by molar-refractivity contribution is -0.179. The Morgan fingerprint density at radius 3 is 2.70 bits per heavy atom. The number of hydrazine groups is 2. The molecule has 7 aliphatic heterocycles. The maximum Gasteiger partial charge on any atom is 0.275 e. The average Bonchev–Trinajstić information content (AvgIpc) is 3.65. The highest BCUT2D eigenvalue weighted by Gasteiger charge is 2.53. The molecule has 0 amide bonds. The van der Waals surface area contributed by atoms with E-state index in [9.17, 15) is 8.78 Å². The van der Waals surface area contributed by atoms with Crippen molar-refractivity contribution in [3.8, 4) is 0 Å². The van der Waals surface area contributed by atoms with Crippen molar-refractivity contribution in [2.75, 3.05) is 59.5 Å². The van der Waals surface area contributed by atoms with E-state index in [1.54, 1.807) is 6.92 Å². The van der Waals surface area contributed by atoms with Crippen LogP contribution in [-0.4, -0.2) is 134 Å². The number of rotatable bonds is 3. The second-order valence-electron chi connectivity index (χ2n) is 13.6. The second-order valence-corrected chi connectivity index (χ2v) is 13.6. The Labute approximate surface area is 237 Å². The van der Waals surface area contributed by atoms with Crippen molar-refractivity contribution in [2.24, 2.45) is 17.8 Å². The summed E-state index contributed by atoms with van der Waals surface area (Å²) in [6.45, 7) is 10.3. The minimum atomic E-state index is -2.52. The molecule has 0 saturated carbocycles. The van der Waals surface area contributed by atoms with Crippen LogP contribution in [-0.2, 0) is 4.74 Å². The number of halogens is 2. The number of likely N-dealkylation sites (tertiary alicyclic amines) is 2. The summed E-state index contributed by atoms with van der Waals surface area (Å²) < 4.78 is 34.1. The molecule has 7 heterocycles. The first-order valence-electron chi connectivity index (χ1n) is 15.7. The molecule has 11 nitrogen and oxygen atoms in total. The van der Waals surface area contributed by atoms with Gasteiger partial charge in [-0.1, -0.05) is 0 Å². The molecule has 0 aromatic rings. The molecular weight excluding hydrogens is 518 g/mol. The van der Waals surface area contributed by atoms with Crippen LogP contribution in [0.1, 0.15) is 39.5 Å². The van der Waals surface area contributed by atoms with E-state index in [1.807, 2.05) is 4.90 Å². The minimum Gasteiger partial charge on any atom is -0.361 e. The summed E-state index contributed by atoms with van der Waals surface area (Å²) >= 11 is 0. The van der Waals surface area contributed by atoms with E-state index < -0.39 is 12.0 Å². The van der Waals surface area contributed by atoms with E-state index in [1.165, 1.54) is 0 Å². The SMILES string of the molecule is CC1N(CC2CCN(C3NN4C5CC(NCC35)NC3CCNC(N3)C3CNN(C)C3OCC[C@@H]4C)C2)CC1(F)F. The molecule has 10 unspecified atom stereocenters. The van der Waals surface area contributed by atoms with Gasteiger partial charge >= 0.3 is 0 Å². The Morgan fingerprint density at radius 1 is 1.00 bits per heavy atom. The van der Waals surface area contributed by atoms with Crippen molar-refractivity contribution >= 4 is 0 Å². The van der Waals surface area contributed by atoms with Gasteiger partial charge in [0.25, 0.3) is 5.92 Å². The van der Waals surface area contributed by atoms with Crippen LogP contribution in [0.5, 0.6) is 0 Å². The zero-order valence-corrected chi connectivity index (χ0v) is 24.3. The van der Waals surface area contributed by atoms with Gasteiger partial charge in [0.1, 0.15) is 6.23 Å². The summed E-state index contributed by atoms with van der Waals surface area (Å²) in [4.78, 5) is 4.57. The standard InChI is InChI=1S/C27H50F2N10O/c1-16-6-9-40-26-20(12-32-36(26)3)24-30-7-4-22(34-24)33-23-10-21-19(11-31-23)25(35-39(16)21)37-8-5-18(13-37)14-38-15-27(28,29)17(38)2/h16-26,30-35H,4-15H2,1-3H3/t16-,17?,18?,19?,20?,21?,22?,23?,24?,25?,26?/m0/s1. The molecule has 6 N–H and O–H groups in total. The summed E-state index contributed by atoms with van der Waals surface area (Å²) in [6.07, 6.45) is 5.14. The quantitative estimate of drug-likeness (QED) is 0.257. The van der Waals surface area contributed by atoms with Gasteiger partial charge in [0.2, 0.25) is 0 Å². The molecule has 7 fully saturated rings. The lowest BCUT2D eigenvalue weighted by atomic mass is 9.89. The number of fused-ring (bicyclic) bond motifs is 5. The molecule has 0 spiro atoms. The van der Waals surface area contributed by atoms with Gasteiger partial charge in [-0.25, -0.2) is 24.2 Å². The Bertz CT molecular complexity index is 903. The van der Waals surface area contributed by atoms with E-state index >= 15 is 0 Å². The second kappa shape index (κ2) is 11.2. The third kappa shape index (κ3) is 5.23. The fraction of sp³-hybridized carbons (Fsp3) is 1.00. The molecular formula is C27H50F2N10O. The number of nitrogens with one attached hydrogen (secondary N) is 6. The maximum absolute atomic E-state index is 13.8. The van der Waals surface area contributed by atoms with E-state index in [4.69, 9.17) is 4.74 Å². The van der Waals surface area contributed by atoms with Crippen molar-refractivity contribution in [3.63, 3.8) is 0 Å². The summed E-state index contributed by atoms with van der Waals surface area (Å²) in [7, 11) is 2.08. The number of hydrogen-bond acceptors (Lipinski definition) is 11. The predicted molar refractivity (Wildman–Crippen MR) is 148 cm³/mol. The molecule has 13 heteroatoms. The normalized spacial score (nSPS) is 49.0. The molecule has 228 valence electrons. The molecule has 4 bridgehead atoms. The van der Waals surface area contributed by atoms with Gasteiger partial charge in [-0.2, -0.15) is 0 Å². The molecule has 7 aliphatic rings. The predicted octanol–water partition coefficient (Wildman–Crippen LogP) is -0.876. The van der Waals surface area contributed by atoms with Crippen molar-refractivity contribution in [1.82, 2.24) is 51.9 Å². The van der Waals surface area contributed by atoms with E-state index in [0.29, 0.717) is 29.8 Å². The van der Waals surface area contributed by atoms with Gasteiger partial charge in [-0.05, 0) is 52.0 Å². The highest BCUT2D eigenvalue weighted by Crippen LogP contribution is 2.38. The maximum atomic E-state index is 13.8. The summed E-state index contributed by atoms with van der Waals surface area (Å²) in [6, 6.07) is 0.142. The first kappa shape index (κ1) is 28.2. The van der Waals surface area contributed by atoms with Crippen LogP contribution >= 0.6 is 0 Å². The monoisotopic (exact) mass is 568 g/mol. The van der Waals surface area contributed by atoms with Crippen LogP contribution < -0.4 is 32.1 Å². The van der Waals surface area contributed by atoms with Gasteiger partial charge in [0.15, 0.2) is 0 Å². The largest absolute Gasteiger partial charge is 0.361 e. The van der Waals surface area contributed by atoms with Crippen molar-refractivity contribution in [2.45, 2.75) is 94.5 Å². The number of ether oxygens (including phenoxy) is 1. The Hall–Kier alpha value is -0.580. The first-order valence-corrected chi connectivity index (χ1v) is 15.7. The highest BCUT2D eigenvalue weighted by molar-refractivity contribution is 5.03. The average molecular weight is 569 g/mol. The molecule has 40 heavy (non-hydrogen) atoms. The number of hydrogen-bond donors (Lipinski definition) is 6. The van der Waals surface area contributed by atoms with Crippen molar-refractivity contribution < 1.29 is 13.5 Å². The molecule has 7 saturated heterocycles. The summed E-state index contributed by atoms with van der Waals surface area (Å²) in [5, 5.41) is 20.0. The van der Waals surface area contributed by atoms with E-state index in [0.717, 1.165) is 71.6 Å². The van der Waals surface area contributed by atoms with E-state index in [-0.39, 0.29) is 37.4 Å². The fourth-order valence-electron chi connectivity index (χ4n) is 8.48. The zero-order valence-electron chi connectivity index (χ0n) is 24.3. The molecule has 0 aromatic heterocycles. The van der Waals surface area contributed by atoms with Crippen molar-refractivity contribution in [1.29, 1.82) is 0 Å². The molecule has 0 aliphatic carbocycles. The van der Waals surface area contributed by atoms with Gasteiger partial charge in [0, 0.05) is 63.7 Å². The number of piperidine rings is 1. The lowest BCUT2D eigenvalue weighted by Gasteiger charge is -2.47. The smallest absolute Gasteiger partial charge is 0.275 e. The molecule has 11 atom stereocenters.